The van der Waals surface area contributed by atoms with Gasteiger partial charge in [-0.05, 0) is 67.4 Å². The van der Waals surface area contributed by atoms with Crippen LogP contribution in [0.15, 0.2) is 63.6 Å². The van der Waals surface area contributed by atoms with Crippen LogP contribution in [-0.4, -0.2) is 16.8 Å². The fourth-order valence-electron chi connectivity index (χ4n) is 3.87. The molecule has 0 atom stereocenters. The highest BCUT2D eigenvalue weighted by molar-refractivity contribution is 7.21. The number of alkyl halides is 3. The Bertz CT molecular complexity index is 1700. The minimum atomic E-state index is -4.76. The maximum Gasteiger partial charge on any atom is 0.433 e. The van der Waals surface area contributed by atoms with E-state index in [4.69, 9.17) is 19.3 Å². The van der Waals surface area contributed by atoms with Gasteiger partial charge in [0, 0.05) is 10.9 Å². The number of anilines is 1. The molecule has 2 amide bonds. The number of fused-ring (bicyclic) bond motifs is 1. The van der Waals surface area contributed by atoms with Crippen LogP contribution in [0.3, 0.4) is 0 Å². The quantitative estimate of drug-likeness (QED) is 0.230. The number of nitrogens with zero attached hydrogens (tertiary/aromatic N) is 1. The Labute approximate surface area is 223 Å². The lowest BCUT2D eigenvalue weighted by atomic mass is 10.1. The second-order valence-corrected chi connectivity index (χ2v) is 9.63. The predicted molar refractivity (Wildman–Crippen MR) is 138 cm³/mol. The zero-order valence-electron chi connectivity index (χ0n) is 20.5. The fraction of sp³-hybridized carbons (Fsp3) is 0.148. The molecular formula is C27H20F3N3O5S. The third-order valence-electron chi connectivity index (χ3n) is 5.95. The second-order valence-electron chi connectivity index (χ2n) is 8.64. The number of furan rings is 2. The van der Waals surface area contributed by atoms with Crippen LogP contribution in [0.1, 0.15) is 42.8 Å². The van der Waals surface area contributed by atoms with Gasteiger partial charge in [0.15, 0.2) is 5.76 Å². The average Bonchev–Trinajstić information content (AvgIpc) is 3.64. The normalized spacial score (nSPS) is 11.6. The van der Waals surface area contributed by atoms with Gasteiger partial charge in [-0.3, -0.25) is 9.59 Å². The summed E-state index contributed by atoms with van der Waals surface area (Å²) in [6.45, 7) is 4.00. The summed E-state index contributed by atoms with van der Waals surface area (Å²) in [7, 11) is 0. The fourth-order valence-corrected chi connectivity index (χ4v) is 4.88. The first-order valence-electron chi connectivity index (χ1n) is 11.5. The van der Waals surface area contributed by atoms with E-state index in [2.05, 4.69) is 10.3 Å². The molecule has 200 valence electrons. The van der Waals surface area contributed by atoms with Gasteiger partial charge in [-0.15, -0.1) is 11.3 Å². The van der Waals surface area contributed by atoms with Gasteiger partial charge in [-0.25, -0.2) is 4.98 Å². The van der Waals surface area contributed by atoms with Crippen molar-refractivity contribution in [2.24, 2.45) is 5.73 Å². The minimum absolute atomic E-state index is 0.0155. The van der Waals surface area contributed by atoms with Crippen molar-refractivity contribution in [1.29, 1.82) is 0 Å². The number of pyridine rings is 1. The number of carbonyl (C=O) groups is 2. The molecule has 0 aliphatic carbocycles. The van der Waals surface area contributed by atoms with Gasteiger partial charge >= 0.3 is 6.18 Å². The molecule has 0 saturated carbocycles. The van der Waals surface area contributed by atoms with Gasteiger partial charge in [-0.1, -0.05) is 6.07 Å². The summed E-state index contributed by atoms with van der Waals surface area (Å²) in [6.07, 6.45) is -3.47. The molecule has 5 aromatic rings. The molecule has 0 spiro atoms. The number of carbonyl (C=O) groups excluding carboxylic acids is 2. The Morgan fingerprint density at radius 2 is 1.90 bits per heavy atom. The third kappa shape index (κ3) is 5.23. The Hall–Kier alpha value is -4.58. The lowest BCUT2D eigenvalue weighted by molar-refractivity contribution is -0.140. The number of halogens is 3. The highest BCUT2D eigenvalue weighted by atomic mass is 32.1. The summed E-state index contributed by atoms with van der Waals surface area (Å²) in [5, 5.41) is 2.64. The molecule has 0 fully saturated rings. The Morgan fingerprint density at radius 1 is 1.10 bits per heavy atom. The number of hydrogen-bond donors (Lipinski definition) is 2. The van der Waals surface area contributed by atoms with Gasteiger partial charge in [0.2, 0.25) is 0 Å². The number of benzene rings is 1. The van der Waals surface area contributed by atoms with Crippen molar-refractivity contribution < 1.29 is 36.3 Å². The Kier molecular flexibility index (Phi) is 6.64. The number of amides is 2. The monoisotopic (exact) mass is 555 g/mol. The minimum Gasteiger partial charge on any atom is -0.486 e. The average molecular weight is 556 g/mol. The number of rotatable bonds is 7. The smallest absolute Gasteiger partial charge is 0.433 e. The van der Waals surface area contributed by atoms with Crippen LogP contribution in [0.5, 0.6) is 5.75 Å². The summed E-state index contributed by atoms with van der Waals surface area (Å²) in [5.41, 5.74) is 6.40. The summed E-state index contributed by atoms with van der Waals surface area (Å²) >= 11 is 0.631. The molecule has 8 nitrogen and oxygen atoms in total. The van der Waals surface area contributed by atoms with E-state index in [1.807, 2.05) is 32.0 Å². The molecular weight excluding hydrogens is 535 g/mol. The molecule has 5 rings (SSSR count). The molecule has 12 heteroatoms. The van der Waals surface area contributed by atoms with Gasteiger partial charge in [0.05, 0.1) is 12.0 Å². The molecule has 0 aliphatic heterocycles. The number of aryl methyl sites for hydroxylation is 2. The number of nitrogens with one attached hydrogen (secondary N) is 1. The highest BCUT2D eigenvalue weighted by Gasteiger charge is 2.35. The van der Waals surface area contributed by atoms with Crippen molar-refractivity contribution in [3.8, 4) is 17.1 Å². The largest absolute Gasteiger partial charge is 0.486 e. The number of hydrogen-bond acceptors (Lipinski definition) is 7. The van der Waals surface area contributed by atoms with Crippen LogP contribution in [0, 0.1) is 13.8 Å². The van der Waals surface area contributed by atoms with Crippen LogP contribution >= 0.6 is 11.3 Å². The predicted octanol–water partition coefficient (Wildman–Crippen LogP) is 6.72. The molecule has 1 aromatic carbocycles. The van der Waals surface area contributed by atoms with Gasteiger partial charge in [0.25, 0.3) is 11.8 Å². The lowest BCUT2D eigenvalue weighted by Gasteiger charge is -2.10. The van der Waals surface area contributed by atoms with Crippen LogP contribution in [0.25, 0.3) is 21.5 Å². The van der Waals surface area contributed by atoms with E-state index >= 15 is 0 Å². The number of nitrogens with two attached hydrogens (primary N) is 1. The van der Waals surface area contributed by atoms with E-state index in [-0.39, 0.29) is 44.5 Å². The summed E-state index contributed by atoms with van der Waals surface area (Å²) in [6, 6.07) is 12.4. The highest BCUT2D eigenvalue weighted by Crippen LogP contribution is 2.43. The van der Waals surface area contributed by atoms with E-state index in [0.717, 1.165) is 17.2 Å². The zero-order chi connectivity index (χ0) is 27.9. The molecule has 0 saturated heterocycles. The van der Waals surface area contributed by atoms with Crippen molar-refractivity contribution in [3.05, 3.63) is 88.0 Å². The van der Waals surface area contributed by atoms with Crippen molar-refractivity contribution in [2.45, 2.75) is 26.6 Å². The van der Waals surface area contributed by atoms with Crippen molar-refractivity contribution in [1.82, 2.24) is 4.98 Å². The summed E-state index contributed by atoms with van der Waals surface area (Å²) in [5.74, 6) is -0.734. The molecule has 0 unspecified atom stereocenters. The van der Waals surface area contributed by atoms with Crippen LogP contribution in [-0.2, 0) is 12.8 Å². The van der Waals surface area contributed by atoms with Gasteiger partial charge in [0.1, 0.15) is 39.3 Å². The molecule has 39 heavy (non-hydrogen) atoms. The second kappa shape index (κ2) is 9.95. The number of thiophene rings is 1. The molecule has 0 aliphatic rings. The van der Waals surface area contributed by atoms with Gasteiger partial charge in [-0.2, -0.15) is 13.2 Å². The van der Waals surface area contributed by atoms with Crippen molar-refractivity contribution in [3.63, 3.8) is 0 Å². The maximum absolute atomic E-state index is 13.6. The maximum atomic E-state index is 13.6. The number of primary amides is 1. The van der Waals surface area contributed by atoms with E-state index < -0.39 is 23.7 Å². The summed E-state index contributed by atoms with van der Waals surface area (Å²) in [4.78, 5) is 28.7. The van der Waals surface area contributed by atoms with Crippen LogP contribution in [0.4, 0.5) is 18.9 Å². The van der Waals surface area contributed by atoms with Crippen LogP contribution in [0.2, 0.25) is 0 Å². The SMILES string of the molecule is Cc1ccc(OCc2ccc(C(=O)Nc3c(C(N)=O)sc4nc(C(F)(F)F)cc(-c5ccco5)c34)o2)cc1C. The molecule has 4 aromatic heterocycles. The van der Waals surface area contributed by atoms with Crippen LogP contribution < -0.4 is 15.8 Å². The lowest BCUT2D eigenvalue weighted by Crippen LogP contribution is -2.16. The zero-order valence-corrected chi connectivity index (χ0v) is 21.3. The third-order valence-corrected chi connectivity index (χ3v) is 7.04. The summed E-state index contributed by atoms with van der Waals surface area (Å²) < 4.78 is 57.4. The standard InChI is InChI=1S/C27H20F3N3O5S/c1-13-5-6-15(10-14(13)2)37-12-16-7-8-19(38-16)25(35)33-22-21-17(18-4-3-9-36-18)11-20(27(28,29)30)32-26(21)39-23(22)24(31)34/h3-11H,12H2,1-2H3,(H2,31,34)(H,33,35). The molecule has 3 N–H and O–H groups in total. The molecule has 0 bridgehead atoms. The molecule has 4 heterocycles. The molecule has 0 radical (unpaired) electrons. The number of ether oxygens (including phenoxy) is 1. The topological polar surface area (TPSA) is 121 Å². The first-order chi connectivity index (χ1) is 18.5. The first kappa shape index (κ1) is 26.0. The van der Waals surface area contributed by atoms with E-state index in [9.17, 15) is 22.8 Å². The van der Waals surface area contributed by atoms with Crippen molar-refractivity contribution in [2.75, 3.05) is 5.32 Å². The van der Waals surface area contributed by atoms with Gasteiger partial charge < -0.3 is 24.6 Å². The Morgan fingerprint density at radius 3 is 2.56 bits per heavy atom. The van der Waals surface area contributed by atoms with E-state index in [0.29, 0.717) is 22.8 Å². The van der Waals surface area contributed by atoms with E-state index in [1.54, 1.807) is 6.07 Å². The van der Waals surface area contributed by atoms with E-state index in [1.165, 1.54) is 24.5 Å². The Balaban J connectivity index is 1.48. The van der Waals surface area contributed by atoms with Crippen molar-refractivity contribution >= 4 is 39.1 Å². The first-order valence-corrected chi connectivity index (χ1v) is 12.3. The number of aromatic nitrogens is 1.